The van der Waals surface area contributed by atoms with Crippen molar-refractivity contribution in [1.29, 1.82) is 0 Å². The van der Waals surface area contributed by atoms with Crippen molar-refractivity contribution in [1.82, 2.24) is 9.80 Å². The molecule has 1 aliphatic heterocycles. The fraction of sp³-hybridized carbons (Fsp3) is 0.588. The van der Waals surface area contributed by atoms with E-state index in [0.717, 1.165) is 31.5 Å². The fourth-order valence-electron chi connectivity index (χ4n) is 3.17. The van der Waals surface area contributed by atoms with Crippen LogP contribution >= 0.6 is 0 Å². The molecule has 8 heteroatoms. The van der Waals surface area contributed by atoms with Crippen LogP contribution in [0.25, 0.3) is 0 Å². The zero-order chi connectivity index (χ0) is 18.4. The van der Waals surface area contributed by atoms with E-state index in [1.54, 1.807) is 12.1 Å². The maximum Gasteiger partial charge on any atom is 0.573 e. The van der Waals surface area contributed by atoms with Crippen LogP contribution in [0.5, 0.6) is 5.75 Å². The fourth-order valence-corrected chi connectivity index (χ4v) is 3.17. The minimum atomic E-state index is -4.68. The van der Waals surface area contributed by atoms with Crippen LogP contribution in [-0.4, -0.2) is 59.5 Å². The first-order valence-electron chi connectivity index (χ1n) is 8.29. The molecule has 0 amide bonds. The second-order valence-electron chi connectivity index (χ2n) is 6.16. The van der Waals surface area contributed by atoms with Gasteiger partial charge in [0.15, 0.2) is 0 Å². The molecule has 1 aromatic carbocycles. The summed E-state index contributed by atoms with van der Waals surface area (Å²) in [7, 11) is 0. The Morgan fingerprint density at radius 1 is 1.28 bits per heavy atom. The molecule has 2 rings (SSSR count). The molecule has 0 aromatic heterocycles. The van der Waals surface area contributed by atoms with Crippen molar-refractivity contribution in [2.75, 3.05) is 26.2 Å². The average molecular weight is 360 g/mol. The van der Waals surface area contributed by atoms with Crippen LogP contribution in [0.2, 0.25) is 0 Å². The van der Waals surface area contributed by atoms with Gasteiger partial charge in [0, 0.05) is 12.6 Å². The molecule has 25 heavy (non-hydrogen) atoms. The topological polar surface area (TPSA) is 53.0 Å². The SMILES string of the molecule is CCN(CC(=O)O)C1CCN(Cc2ccc(OC(F)(F)F)cc2)CC1. The number of carbonyl (C=O) groups is 1. The quantitative estimate of drug-likeness (QED) is 0.810. The maximum absolute atomic E-state index is 12.2. The van der Waals surface area contributed by atoms with Crippen LogP contribution < -0.4 is 4.74 Å². The van der Waals surface area contributed by atoms with Gasteiger partial charge in [-0.3, -0.25) is 14.6 Å². The molecule has 1 N–H and O–H groups in total. The van der Waals surface area contributed by atoms with Gasteiger partial charge in [-0.15, -0.1) is 13.2 Å². The number of ether oxygens (including phenoxy) is 1. The van der Waals surface area contributed by atoms with Crippen molar-refractivity contribution in [3.05, 3.63) is 29.8 Å². The normalized spacial score (nSPS) is 17.0. The largest absolute Gasteiger partial charge is 0.573 e. The van der Waals surface area contributed by atoms with Crippen molar-refractivity contribution in [3.63, 3.8) is 0 Å². The number of benzene rings is 1. The average Bonchev–Trinajstić information content (AvgIpc) is 2.54. The third-order valence-electron chi connectivity index (χ3n) is 4.38. The van der Waals surface area contributed by atoms with Crippen molar-refractivity contribution in [2.24, 2.45) is 0 Å². The lowest BCUT2D eigenvalue weighted by molar-refractivity contribution is -0.274. The highest BCUT2D eigenvalue weighted by Gasteiger charge is 2.31. The summed E-state index contributed by atoms with van der Waals surface area (Å²) >= 11 is 0. The number of likely N-dealkylation sites (N-methyl/N-ethyl adjacent to an activating group) is 1. The monoisotopic (exact) mass is 360 g/mol. The minimum Gasteiger partial charge on any atom is -0.480 e. The summed E-state index contributed by atoms with van der Waals surface area (Å²) in [4.78, 5) is 15.1. The van der Waals surface area contributed by atoms with E-state index < -0.39 is 12.3 Å². The summed E-state index contributed by atoms with van der Waals surface area (Å²) in [6.07, 6.45) is -2.91. The Morgan fingerprint density at radius 2 is 1.88 bits per heavy atom. The highest BCUT2D eigenvalue weighted by molar-refractivity contribution is 5.69. The van der Waals surface area contributed by atoms with E-state index in [1.165, 1.54) is 12.1 Å². The number of halogens is 3. The second kappa shape index (κ2) is 8.53. The summed E-state index contributed by atoms with van der Waals surface area (Å²) in [5.74, 6) is -1.03. The predicted molar refractivity (Wildman–Crippen MR) is 86.3 cm³/mol. The minimum absolute atomic E-state index is 0.0574. The number of hydrogen-bond donors (Lipinski definition) is 1. The van der Waals surface area contributed by atoms with Crippen molar-refractivity contribution < 1.29 is 27.8 Å². The predicted octanol–water partition coefficient (Wildman–Crippen LogP) is 2.96. The van der Waals surface area contributed by atoms with E-state index in [2.05, 4.69) is 9.64 Å². The molecule has 0 aliphatic carbocycles. The van der Waals surface area contributed by atoms with E-state index in [1.807, 2.05) is 11.8 Å². The number of carboxylic acids is 1. The Balaban J connectivity index is 1.82. The van der Waals surface area contributed by atoms with E-state index in [4.69, 9.17) is 5.11 Å². The number of rotatable bonds is 7. The third kappa shape index (κ3) is 6.55. The van der Waals surface area contributed by atoms with Crippen LogP contribution in [0.4, 0.5) is 13.2 Å². The molecule has 0 radical (unpaired) electrons. The third-order valence-corrected chi connectivity index (χ3v) is 4.38. The Labute approximate surface area is 145 Å². The Bertz CT molecular complexity index is 555. The van der Waals surface area contributed by atoms with Gasteiger partial charge in [-0.2, -0.15) is 0 Å². The highest BCUT2D eigenvalue weighted by Crippen LogP contribution is 2.24. The molecule has 1 aromatic rings. The molecule has 1 fully saturated rings. The van der Waals surface area contributed by atoms with Gasteiger partial charge in [0.05, 0.1) is 6.54 Å². The Kier molecular flexibility index (Phi) is 6.66. The summed E-state index contributed by atoms with van der Waals surface area (Å²) in [5.41, 5.74) is 0.922. The number of piperidine rings is 1. The molecule has 1 saturated heterocycles. The number of hydrogen-bond acceptors (Lipinski definition) is 4. The molecule has 1 heterocycles. The Morgan fingerprint density at radius 3 is 2.36 bits per heavy atom. The smallest absolute Gasteiger partial charge is 0.480 e. The molecular formula is C17H23F3N2O3. The first-order chi connectivity index (χ1) is 11.8. The van der Waals surface area contributed by atoms with Gasteiger partial charge in [-0.25, -0.2) is 0 Å². The van der Waals surface area contributed by atoms with Crippen LogP contribution in [0.15, 0.2) is 24.3 Å². The summed E-state index contributed by atoms with van der Waals surface area (Å²) in [6, 6.07) is 6.17. The molecule has 0 bridgehead atoms. The number of likely N-dealkylation sites (tertiary alicyclic amines) is 1. The van der Waals surface area contributed by atoms with Crippen molar-refractivity contribution >= 4 is 5.97 Å². The Hall–Kier alpha value is -1.80. The van der Waals surface area contributed by atoms with Crippen LogP contribution in [0.3, 0.4) is 0 Å². The molecular weight excluding hydrogens is 337 g/mol. The number of aliphatic carboxylic acids is 1. The van der Waals surface area contributed by atoms with Crippen molar-refractivity contribution in [2.45, 2.75) is 38.7 Å². The molecule has 0 atom stereocenters. The first-order valence-corrected chi connectivity index (χ1v) is 8.29. The summed E-state index contributed by atoms with van der Waals surface area (Å²) in [5, 5.41) is 8.95. The molecule has 5 nitrogen and oxygen atoms in total. The van der Waals surface area contributed by atoms with Crippen LogP contribution in [-0.2, 0) is 11.3 Å². The van der Waals surface area contributed by atoms with Crippen molar-refractivity contribution in [3.8, 4) is 5.75 Å². The van der Waals surface area contributed by atoms with E-state index in [9.17, 15) is 18.0 Å². The van der Waals surface area contributed by atoms with E-state index in [0.29, 0.717) is 13.1 Å². The summed E-state index contributed by atoms with van der Waals surface area (Å²) in [6.45, 7) is 5.05. The molecule has 0 spiro atoms. The van der Waals surface area contributed by atoms with Gasteiger partial charge >= 0.3 is 12.3 Å². The summed E-state index contributed by atoms with van der Waals surface area (Å²) < 4.78 is 40.3. The standard InChI is InChI=1S/C17H23F3N2O3/c1-2-22(12-16(23)24)14-7-9-21(10-8-14)11-13-3-5-15(6-4-13)25-17(18,19)20/h3-6,14H,2,7-12H2,1H3,(H,23,24). The molecule has 0 unspecified atom stereocenters. The van der Waals surface area contributed by atoms with Gasteiger partial charge < -0.3 is 9.84 Å². The number of nitrogens with zero attached hydrogens (tertiary/aromatic N) is 2. The lowest BCUT2D eigenvalue weighted by Gasteiger charge is -2.37. The van der Waals surface area contributed by atoms with Gasteiger partial charge in [-0.1, -0.05) is 19.1 Å². The maximum atomic E-state index is 12.2. The lowest BCUT2D eigenvalue weighted by atomic mass is 10.0. The highest BCUT2D eigenvalue weighted by atomic mass is 19.4. The van der Waals surface area contributed by atoms with E-state index in [-0.39, 0.29) is 18.3 Å². The van der Waals surface area contributed by atoms with Gasteiger partial charge in [0.2, 0.25) is 0 Å². The molecule has 1 aliphatic rings. The zero-order valence-corrected chi connectivity index (χ0v) is 14.1. The van der Waals surface area contributed by atoms with Crippen LogP contribution in [0.1, 0.15) is 25.3 Å². The van der Waals surface area contributed by atoms with E-state index >= 15 is 0 Å². The number of carboxylic acid groups (broad SMARTS) is 1. The molecule has 0 saturated carbocycles. The number of alkyl halides is 3. The second-order valence-corrected chi connectivity index (χ2v) is 6.16. The van der Waals surface area contributed by atoms with Crippen LogP contribution in [0, 0.1) is 0 Å². The van der Waals surface area contributed by atoms with Gasteiger partial charge in [0.1, 0.15) is 5.75 Å². The first kappa shape index (κ1) is 19.5. The molecule has 140 valence electrons. The zero-order valence-electron chi connectivity index (χ0n) is 14.1. The lowest BCUT2D eigenvalue weighted by Crippen LogP contribution is -2.46. The van der Waals surface area contributed by atoms with Gasteiger partial charge in [0.25, 0.3) is 0 Å². The van der Waals surface area contributed by atoms with Gasteiger partial charge in [-0.05, 0) is 50.2 Å².